The van der Waals surface area contributed by atoms with Crippen LogP contribution in [0.4, 0.5) is 0 Å². The van der Waals surface area contributed by atoms with Gasteiger partial charge >= 0.3 is 5.97 Å². The maximum absolute atomic E-state index is 11.4. The Bertz CT molecular complexity index is 419. The van der Waals surface area contributed by atoms with Gasteiger partial charge in [-0.25, -0.2) is 9.78 Å². The van der Waals surface area contributed by atoms with Gasteiger partial charge in [-0.2, -0.15) is 0 Å². The van der Waals surface area contributed by atoms with E-state index in [1.165, 1.54) is 7.11 Å². The van der Waals surface area contributed by atoms with Gasteiger partial charge in [0.1, 0.15) is 0 Å². The van der Waals surface area contributed by atoms with Crippen molar-refractivity contribution in [2.45, 2.75) is 17.6 Å². The van der Waals surface area contributed by atoms with Gasteiger partial charge < -0.3 is 14.0 Å². The second kappa shape index (κ2) is 2.96. The summed E-state index contributed by atoms with van der Waals surface area (Å²) in [5, 5.41) is -1.43. The average molecular weight is 231 g/mol. The van der Waals surface area contributed by atoms with Crippen LogP contribution in [0.3, 0.4) is 0 Å². The number of aromatic nitrogens is 2. The molecule has 0 spiro atoms. The fourth-order valence-corrected chi connectivity index (χ4v) is 1.83. The first-order valence-corrected chi connectivity index (χ1v) is 4.78. The van der Waals surface area contributed by atoms with Crippen LogP contribution in [0.1, 0.15) is 12.6 Å². The Hall–Kier alpha value is -1.07. The zero-order chi connectivity index (χ0) is 11.3. The van der Waals surface area contributed by atoms with E-state index in [0.29, 0.717) is 5.69 Å². The maximum atomic E-state index is 11.4. The number of carbonyl (C=O) groups is 1. The number of aryl methyl sites for hydroxylation is 1. The summed E-state index contributed by atoms with van der Waals surface area (Å²) in [7, 11) is 3.10. The zero-order valence-corrected chi connectivity index (χ0v) is 9.41. The Morgan fingerprint density at radius 2 is 2.40 bits per heavy atom. The summed E-state index contributed by atoms with van der Waals surface area (Å²) in [5.74, 6) is -0.600. The number of nitrogens with zero attached hydrogens (tertiary/aromatic N) is 2. The van der Waals surface area contributed by atoms with E-state index in [1.54, 1.807) is 24.0 Å². The van der Waals surface area contributed by atoms with E-state index < -0.39 is 16.6 Å². The van der Waals surface area contributed by atoms with Gasteiger partial charge in [0, 0.05) is 13.2 Å². The molecule has 0 saturated carbocycles. The van der Waals surface area contributed by atoms with Crippen LogP contribution in [0.5, 0.6) is 0 Å². The Labute approximate surface area is 91.9 Å². The van der Waals surface area contributed by atoms with Crippen LogP contribution in [0.25, 0.3) is 0 Å². The molecule has 1 aromatic heterocycles. The molecule has 5 nitrogen and oxygen atoms in total. The third kappa shape index (κ3) is 1.27. The van der Waals surface area contributed by atoms with Gasteiger partial charge in [0.2, 0.25) is 0 Å². The molecule has 0 aliphatic carbocycles. The summed E-state index contributed by atoms with van der Waals surface area (Å²) in [6.07, 6.45) is 3.38. The number of alkyl halides is 1. The number of rotatable bonds is 2. The summed E-state index contributed by atoms with van der Waals surface area (Å²) < 4.78 is 11.6. The van der Waals surface area contributed by atoms with Crippen LogP contribution < -0.4 is 0 Å². The number of ether oxygens (including phenoxy) is 2. The molecule has 0 amide bonds. The van der Waals surface area contributed by atoms with Gasteiger partial charge in [-0.05, 0) is 6.92 Å². The van der Waals surface area contributed by atoms with Crippen LogP contribution in [0, 0.1) is 0 Å². The monoisotopic (exact) mass is 230 g/mol. The van der Waals surface area contributed by atoms with Gasteiger partial charge in [0.05, 0.1) is 19.1 Å². The lowest BCUT2D eigenvalue weighted by atomic mass is 10.0. The molecule has 15 heavy (non-hydrogen) atoms. The van der Waals surface area contributed by atoms with Crippen molar-refractivity contribution in [3.05, 3.63) is 18.2 Å². The summed E-state index contributed by atoms with van der Waals surface area (Å²) in [4.78, 5) is 15.5. The molecule has 2 atom stereocenters. The van der Waals surface area contributed by atoms with E-state index in [9.17, 15) is 4.79 Å². The second-order valence-corrected chi connectivity index (χ2v) is 4.18. The average Bonchev–Trinajstić information content (AvgIpc) is 2.60. The molecule has 2 rings (SSSR count). The molecule has 0 radical (unpaired) electrons. The highest BCUT2D eigenvalue weighted by molar-refractivity contribution is 6.35. The highest BCUT2D eigenvalue weighted by Gasteiger charge is 2.74. The normalized spacial score (nSPS) is 33.9. The molecule has 1 aromatic rings. The Balaban J connectivity index is 2.30. The fourth-order valence-electron chi connectivity index (χ4n) is 1.50. The van der Waals surface area contributed by atoms with E-state index in [-0.39, 0.29) is 0 Å². The fraction of sp³-hybridized carbons (Fsp3) is 0.556. The lowest BCUT2D eigenvalue weighted by Gasteiger charge is -2.05. The number of epoxide rings is 1. The first-order chi connectivity index (χ1) is 6.94. The molecule has 0 N–H and O–H groups in total. The molecule has 0 bridgehead atoms. The van der Waals surface area contributed by atoms with Crippen molar-refractivity contribution in [3.63, 3.8) is 0 Å². The molecule has 0 aromatic carbocycles. The van der Waals surface area contributed by atoms with Crippen LogP contribution in [-0.2, 0) is 26.9 Å². The summed E-state index contributed by atoms with van der Waals surface area (Å²) >= 11 is 6.00. The predicted molar refractivity (Wildman–Crippen MR) is 52.2 cm³/mol. The number of esters is 1. The van der Waals surface area contributed by atoms with Gasteiger partial charge in [-0.3, -0.25) is 0 Å². The van der Waals surface area contributed by atoms with E-state index in [1.807, 2.05) is 7.05 Å². The summed E-state index contributed by atoms with van der Waals surface area (Å²) in [6.45, 7) is 1.71. The molecule has 2 unspecified atom stereocenters. The van der Waals surface area contributed by atoms with E-state index in [2.05, 4.69) is 9.72 Å². The van der Waals surface area contributed by atoms with Crippen molar-refractivity contribution in [1.82, 2.24) is 9.55 Å². The molecule has 1 aliphatic heterocycles. The number of methoxy groups -OCH3 is 1. The number of hydrogen-bond acceptors (Lipinski definition) is 4. The smallest absolute Gasteiger partial charge is 0.357 e. The SMILES string of the molecule is COC(=O)C1(Cl)OC1(C)c1cn(C)cn1. The van der Waals surface area contributed by atoms with Crippen LogP contribution in [0.15, 0.2) is 12.5 Å². The molecular formula is C9H11ClN2O3. The zero-order valence-electron chi connectivity index (χ0n) is 8.65. The number of hydrogen-bond donors (Lipinski definition) is 0. The Morgan fingerprint density at radius 1 is 1.73 bits per heavy atom. The molecule has 6 heteroatoms. The lowest BCUT2D eigenvalue weighted by Crippen LogP contribution is -2.27. The molecule has 2 heterocycles. The highest BCUT2D eigenvalue weighted by atomic mass is 35.5. The molecule has 1 saturated heterocycles. The maximum Gasteiger partial charge on any atom is 0.357 e. The first kappa shape index (κ1) is 10.4. The van der Waals surface area contributed by atoms with Gasteiger partial charge in [0.25, 0.3) is 5.06 Å². The van der Waals surface area contributed by atoms with E-state index in [4.69, 9.17) is 16.3 Å². The molecular weight excluding hydrogens is 220 g/mol. The number of halogens is 1. The first-order valence-electron chi connectivity index (χ1n) is 4.40. The topological polar surface area (TPSA) is 56.6 Å². The van der Waals surface area contributed by atoms with E-state index >= 15 is 0 Å². The second-order valence-electron chi connectivity index (χ2n) is 3.65. The van der Waals surface area contributed by atoms with Crippen molar-refractivity contribution in [2.75, 3.05) is 7.11 Å². The highest BCUT2D eigenvalue weighted by Crippen LogP contribution is 2.58. The van der Waals surface area contributed by atoms with Gasteiger partial charge in [0.15, 0.2) is 5.60 Å². The minimum Gasteiger partial charge on any atom is -0.466 e. The molecule has 1 fully saturated rings. The standard InChI is InChI=1S/C9H11ClN2O3/c1-8(6-4-12(2)5-11-6)9(10,15-8)7(13)14-3/h4-5H,1-3H3. The Morgan fingerprint density at radius 3 is 2.87 bits per heavy atom. The summed E-state index contributed by atoms with van der Waals surface area (Å²) in [5.41, 5.74) is -0.284. The minimum absolute atomic E-state index is 0.600. The van der Waals surface area contributed by atoms with E-state index in [0.717, 1.165) is 0 Å². The van der Waals surface area contributed by atoms with Gasteiger partial charge in [-0.1, -0.05) is 11.6 Å². The number of carbonyl (C=O) groups excluding carboxylic acids is 1. The minimum atomic E-state index is -1.43. The van der Waals surface area contributed by atoms with Crippen molar-refractivity contribution >= 4 is 17.6 Å². The van der Waals surface area contributed by atoms with Crippen LogP contribution >= 0.6 is 11.6 Å². The van der Waals surface area contributed by atoms with Gasteiger partial charge in [-0.15, -0.1) is 0 Å². The number of imidazole rings is 1. The predicted octanol–water partition coefficient (Wildman–Crippen LogP) is 0.774. The van der Waals surface area contributed by atoms with Crippen molar-refractivity contribution in [3.8, 4) is 0 Å². The third-order valence-electron chi connectivity index (χ3n) is 2.56. The Kier molecular flexibility index (Phi) is 2.06. The third-order valence-corrected chi connectivity index (χ3v) is 3.15. The largest absolute Gasteiger partial charge is 0.466 e. The summed E-state index contributed by atoms with van der Waals surface area (Å²) in [6, 6.07) is 0. The molecule has 82 valence electrons. The van der Waals surface area contributed by atoms with Crippen LogP contribution in [-0.4, -0.2) is 27.7 Å². The van der Waals surface area contributed by atoms with Crippen molar-refractivity contribution < 1.29 is 14.3 Å². The van der Waals surface area contributed by atoms with Crippen molar-refractivity contribution in [2.24, 2.45) is 7.05 Å². The lowest BCUT2D eigenvalue weighted by molar-refractivity contribution is -0.143. The van der Waals surface area contributed by atoms with Crippen molar-refractivity contribution in [1.29, 1.82) is 0 Å². The quantitative estimate of drug-likeness (QED) is 0.428. The van der Waals surface area contributed by atoms with Crippen LogP contribution in [0.2, 0.25) is 0 Å². The molecule has 1 aliphatic rings.